The Morgan fingerprint density at radius 2 is 2.17 bits per heavy atom. The van der Waals surface area contributed by atoms with E-state index in [1.54, 1.807) is 25.6 Å². The van der Waals surface area contributed by atoms with E-state index in [4.69, 9.17) is 0 Å². The largest absolute Gasteiger partial charge is 0.356 e. The summed E-state index contributed by atoms with van der Waals surface area (Å²) in [5, 5.41) is 6.60. The van der Waals surface area contributed by atoms with E-state index in [-0.39, 0.29) is 11.2 Å². The minimum Gasteiger partial charge on any atom is -0.356 e. The van der Waals surface area contributed by atoms with Crippen molar-refractivity contribution < 1.29 is 4.39 Å². The van der Waals surface area contributed by atoms with Gasteiger partial charge in [0.1, 0.15) is 5.82 Å². The number of nitrogens with one attached hydrogen (secondary N) is 2. The van der Waals surface area contributed by atoms with E-state index in [0.717, 1.165) is 37.5 Å². The van der Waals surface area contributed by atoms with Crippen molar-refractivity contribution in [2.75, 3.05) is 20.1 Å². The zero-order chi connectivity index (χ0) is 16.1. The summed E-state index contributed by atoms with van der Waals surface area (Å²) >= 11 is 0. The first-order valence-electron chi connectivity index (χ1n) is 7.89. The van der Waals surface area contributed by atoms with Crippen LogP contribution in [-0.4, -0.2) is 35.6 Å². The number of imidazole rings is 1. The van der Waals surface area contributed by atoms with Crippen molar-refractivity contribution in [1.29, 1.82) is 0 Å². The van der Waals surface area contributed by atoms with Crippen LogP contribution in [0.1, 0.15) is 18.4 Å². The van der Waals surface area contributed by atoms with Gasteiger partial charge in [0.05, 0.1) is 6.33 Å². The van der Waals surface area contributed by atoms with Crippen LogP contribution in [0.4, 0.5) is 4.39 Å². The molecular formula is C17H22FN5. The predicted molar refractivity (Wildman–Crippen MR) is 88.9 cm³/mol. The molecule has 1 aromatic heterocycles. The van der Waals surface area contributed by atoms with Crippen molar-refractivity contribution in [3.05, 3.63) is 54.4 Å². The van der Waals surface area contributed by atoms with Crippen molar-refractivity contribution in [2.45, 2.75) is 24.8 Å². The molecule has 0 unspecified atom stereocenters. The van der Waals surface area contributed by atoms with E-state index < -0.39 is 0 Å². The predicted octanol–water partition coefficient (Wildman–Crippen LogP) is 1.92. The number of hydrogen-bond acceptors (Lipinski definition) is 2. The molecule has 0 spiro atoms. The van der Waals surface area contributed by atoms with Crippen molar-refractivity contribution in [1.82, 2.24) is 20.2 Å². The summed E-state index contributed by atoms with van der Waals surface area (Å²) in [6.07, 6.45) is 7.49. The van der Waals surface area contributed by atoms with Gasteiger partial charge in [-0.25, -0.2) is 9.37 Å². The monoisotopic (exact) mass is 315 g/mol. The molecule has 0 aliphatic heterocycles. The van der Waals surface area contributed by atoms with Crippen LogP contribution >= 0.6 is 0 Å². The van der Waals surface area contributed by atoms with Crippen molar-refractivity contribution in [2.24, 2.45) is 4.99 Å². The lowest BCUT2D eigenvalue weighted by atomic mass is 9.95. The van der Waals surface area contributed by atoms with Crippen LogP contribution in [-0.2, 0) is 12.0 Å². The average Bonchev–Trinajstić information content (AvgIpc) is 3.17. The third-order valence-corrected chi connectivity index (χ3v) is 4.34. The zero-order valence-corrected chi connectivity index (χ0v) is 13.3. The smallest absolute Gasteiger partial charge is 0.191 e. The second-order valence-electron chi connectivity index (χ2n) is 5.91. The molecule has 6 heteroatoms. The van der Waals surface area contributed by atoms with Gasteiger partial charge in [-0.05, 0) is 24.5 Å². The quantitative estimate of drug-likeness (QED) is 0.632. The van der Waals surface area contributed by atoms with Crippen LogP contribution in [0.2, 0.25) is 0 Å². The fourth-order valence-electron chi connectivity index (χ4n) is 2.78. The molecule has 1 aliphatic rings. The Labute approximate surface area is 135 Å². The number of halogens is 1. The maximum atomic E-state index is 14.0. The van der Waals surface area contributed by atoms with E-state index in [1.807, 2.05) is 22.9 Å². The zero-order valence-electron chi connectivity index (χ0n) is 13.3. The Balaban J connectivity index is 1.51. The molecule has 0 radical (unpaired) electrons. The summed E-state index contributed by atoms with van der Waals surface area (Å²) in [6, 6.07) is 7.06. The molecule has 0 saturated heterocycles. The minimum atomic E-state index is -0.116. The number of aliphatic imine (C=N–C) groups is 1. The fourth-order valence-corrected chi connectivity index (χ4v) is 2.78. The van der Waals surface area contributed by atoms with E-state index in [0.29, 0.717) is 6.54 Å². The topological polar surface area (TPSA) is 54.2 Å². The van der Waals surface area contributed by atoms with E-state index in [1.165, 1.54) is 6.07 Å². The van der Waals surface area contributed by atoms with Gasteiger partial charge < -0.3 is 15.2 Å². The molecule has 122 valence electrons. The van der Waals surface area contributed by atoms with Gasteiger partial charge in [-0.1, -0.05) is 18.2 Å². The number of guanidine groups is 1. The molecule has 3 rings (SSSR count). The highest BCUT2D eigenvalue weighted by atomic mass is 19.1. The molecule has 23 heavy (non-hydrogen) atoms. The molecule has 1 aromatic carbocycles. The van der Waals surface area contributed by atoms with Crippen molar-refractivity contribution in [3.8, 4) is 0 Å². The standard InChI is InChI=1S/C17H22FN5/c1-19-16(21-9-11-23-10-8-20-13-23)22-12-17(6-7-17)14-4-2-3-5-15(14)18/h2-5,8,10,13H,6-7,9,11-12H2,1H3,(H2,19,21,22). The van der Waals surface area contributed by atoms with Crippen LogP contribution in [0.3, 0.4) is 0 Å². The highest BCUT2D eigenvalue weighted by Crippen LogP contribution is 2.48. The number of benzene rings is 1. The van der Waals surface area contributed by atoms with Crippen molar-refractivity contribution >= 4 is 5.96 Å². The van der Waals surface area contributed by atoms with Gasteiger partial charge in [-0.2, -0.15) is 0 Å². The van der Waals surface area contributed by atoms with Crippen molar-refractivity contribution in [3.63, 3.8) is 0 Å². The third kappa shape index (κ3) is 3.70. The van der Waals surface area contributed by atoms with Gasteiger partial charge in [0.25, 0.3) is 0 Å². The number of aromatic nitrogens is 2. The van der Waals surface area contributed by atoms with Crippen LogP contribution in [0, 0.1) is 5.82 Å². The molecule has 2 N–H and O–H groups in total. The first-order valence-corrected chi connectivity index (χ1v) is 7.89. The summed E-state index contributed by atoms with van der Waals surface area (Å²) in [5.74, 6) is 0.627. The maximum absolute atomic E-state index is 14.0. The van der Waals surface area contributed by atoms with Crippen LogP contribution in [0.25, 0.3) is 0 Å². The number of rotatable bonds is 6. The molecular weight excluding hydrogens is 293 g/mol. The summed E-state index contributed by atoms with van der Waals surface area (Å²) in [7, 11) is 1.75. The first kappa shape index (κ1) is 15.5. The summed E-state index contributed by atoms with van der Waals surface area (Å²) in [4.78, 5) is 8.24. The SMILES string of the molecule is CN=C(NCCn1ccnc1)NCC1(c2ccccc2F)CC1. The molecule has 1 heterocycles. The molecule has 1 saturated carbocycles. The molecule has 0 bridgehead atoms. The van der Waals surface area contributed by atoms with Gasteiger partial charge in [0.15, 0.2) is 5.96 Å². The lowest BCUT2D eigenvalue weighted by Crippen LogP contribution is -2.42. The normalized spacial score (nSPS) is 16.2. The second kappa shape index (κ2) is 6.81. The second-order valence-corrected chi connectivity index (χ2v) is 5.91. The first-order chi connectivity index (χ1) is 11.2. The van der Waals surface area contributed by atoms with Gasteiger partial charge in [0, 0.05) is 44.5 Å². The summed E-state index contributed by atoms with van der Waals surface area (Å²) in [5.41, 5.74) is 0.717. The van der Waals surface area contributed by atoms with E-state index in [9.17, 15) is 4.39 Å². The molecule has 2 aromatic rings. The van der Waals surface area contributed by atoms with E-state index in [2.05, 4.69) is 20.6 Å². The molecule has 1 fully saturated rings. The third-order valence-electron chi connectivity index (χ3n) is 4.34. The Morgan fingerprint density at radius 1 is 1.35 bits per heavy atom. The fraction of sp³-hybridized carbons (Fsp3) is 0.412. The summed E-state index contributed by atoms with van der Waals surface area (Å²) < 4.78 is 16.0. The summed E-state index contributed by atoms with van der Waals surface area (Å²) in [6.45, 7) is 2.26. The number of nitrogens with zero attached hydrogens (tertiary/aromatic N) is 3. The highest BCUT2D eigenvalue weighted by molar-refractivity contribution is 5.79. The van der Waals surface area contributed by atoms with Crippen LogP contribution in [0.15, 0.2) is 48.0 Å². The lowest BCUT2D eigenvalue weighted by Gasteiger charge is -2.19. The maximum Gasteiger partial charge on any atom is 0.191 e. The van der Waals surface area contributed by atoms with Gasteiger partial charge in [-0.3, -0.25) is 4.99 Å². The van der Waals surface area contributed by atoms with Gasteiger partial charge in [-0.15, -0.1) is 0 Å². The van der Waals surface area contributed by atoms with Crippen LogP contribution in [0.5, 0.6) is 0 Å². The Kier molecular flexibility index (Phi) is 4.60. The minimum absolute atomic E-state index is 0.0900. The Bertz CT molecular complexity index is 661. The Morgan fingerprint density at radius 3 is 2.83 bits per heavy atom. The molecule has 5 nitrogen and oxygen atoms in total. The van der Waals surface area contributed by atoms with E-state index >= 15 is 0 Å². The molecule has 0 amide bonds. The van der Waals surface area contributed by atoms with Crippen LogP contribution < -0.4 is 10.6 Å². The number of hydrogen-bond donors (Lipinski definition) is 2. The lowest BCUT2D eigenvalue weighted by molar-refractivity contribution is 0.558. The molecule has 1 aliphatic carbocycles. The average molecular weight is 315 g/mol. The van der Waals surface area contributed by atoms with Gasteiger partial charge >= 0.3 is 0 Å². The van der Waals surface area contributed by atoms with Gasteiger partial charge in [0.2, 0.25) is 0 Å². The Hall–Kier alpha value is -2.37. The molecule has 0 atom stereocenters. The highest BCUT2D eigenvalue weighted by Gasteiger charge is 2.45.